The van der Waals surface area contributed by atoms with E-state index in [1.165, 1.54) is 16.8 Å². The summed E-state index contributed by atoms with van der Waals surface area (Å²) in [5, 5.41) is 4.32. The van der Waals surface area contributed by atoms with E-state index < -0.39 is 10.0 Å². The van der Waals surface area contributed by atoms with Crippen LogP contribution in [0, 0.1) is 6.92 Å². The zero-order chi connectivity index (χ0) is 15.1. The number of nitrogens with two attached hydrogens (primary N) is 1. The molecule has 0 unspecified atom stereocenters. The van der Waals surface area contributed by atoms with Gasteiger partial charge in [0.15, 0.2) is 0 Å². The minimum Gasteiger partial charge on any atom is -0.398 e. The molecule has 20 heavy (non-hydrogen) atoms. The molecule has 1 aromatic carbocycles. The van der Waals surface area contributed by atoms with Crippen molar-refractivity contribution in [3.63, 3.8) is 0 Å². The molecule has 6 nitrogen and oxygen atoms in total. The number of nitrogen functional groups attached to an aromatic ring is 1. The number of benzene rings is 1. The Balaban J connectivity index is 2.49. The molecule has 3 N–H and O–H groups in total. The SMILES string of the molecule is Cc1nn(C)cc1NS(=O)(=O)c1cc(Cl)cc(N)c1Br. The Morgan fingerprint density at radius 2 is 2.10 bits per heavy atom. The van der Waals surface area contributed by atoms with E-state index in [2.05, 4.69) is 25.8 Å². The number of aromatic nitrogens is 2. The Labute approximate surface area is 130 Å². The molecule has 0 saturated carbocycles. The lowest BCUT2D eigenvalue weighted by Crippen LogP contribution is -2.14. The Kier molecular flexibility index (Phi) is 3.99. The zero-order valence-corrected chi connectivity index (χ0v) is 13.8. The van der Waals surface area contributed by atoms with Crippen LogP contribution in [-0.4, -0.2) is 18.2 Å². The third kappa shape index (κ3) is 2.92. The Bertz CT molecular complexity index is 773. The standard InChI is InChI=1S/C11H12BrClN4O2S/c1-6-9(5-17(2)15-6)16-20(18,19)10-4-7(13)3-8(14)11(10)12/h3-5,16H,14H2,1-2H3. The van der Waals surface area contributed by atoms with Gasteiger partial charge in [0.2, 0.25) is 0 Å². The molecular formula is C11H12BrClN4O2S. The number of aryl methyl sites for hydroxylation is 2. The van der Waals surface area contributed by atoms with Crippen molar-refractivity contribution in [2.24, 2.45) is 7.05 Å². The lowest BCUT2D eigenvalue weighted by molar-refractivity contribution is 0.600. The Morgan fingerprint density at radius 3 is 2.65 bits per heavy atom. The van der Waals surface area contributed by atoms with Gasteiger partial charge in [-0.05, 0) is 35.0 Å². The fourth-order valence-electron chi connectivity index (χ4n) is 1.68. The van der Waals surface area contributed by atoms with Crippen molar-refractivity contribution in [1.82, 2.24) is 9.78 Å². The minimum absolute atomic E-state index is 0.0225. The average molecular weight is 380 g/mol. The number of sulfonamides is 1. The molecule has 1 heterocycles. The van der Waals surface area contributed by atoms with Crippen LogP contribution < -0.4 is 10.5 Å². The first-order valence-electron chi connectivity index (χ1n) is 5.48. The second kappa shape index (κ2) is 5.27. The van der Waals surface area contributed by atoms with Crippen molar-refractivity contribution in [2.75, 3.05) is 10.5 Å². The average Bonchev–Trinajstić information content (AvgIpc) is 2.61. The predicted octanol–water partition coefficient (Wildman–Crippen LogP) is 2.53. The molecule has 108 valence electrons. The van der Waals surface area contributed by atoms with Gasteiger partial charge < -0.3 is 5.73 Å². The highest BCUT2D eigenvalue weighted by molar-refractivity contribution is 9.10. The fourth-order valence-corrected chi connectivity index (χ4v) is 4.07. The smallest absolute Gasteiger partial charge is 0.263 e. The van der Waals surface area contributed by atoms with Crippen LogP contribution in [0.1, 0.15) is 5.69 Å². The van der Waals surface area contributed by atoms with E-state index in [4.69, 9.17) is 17.3 Å². The molecule has 9 heteroatoms. The molecule has 0 atom stereocenters. The number of halogens is 2. The zero-order valence-electron chi connectivity index (χ0n) is 10.7. The highest BCUT2D eigenvalue weighted by atomic mass is 79.9. The van der Waals surface area contributed by atoms with Gasteiger partial charge in [-0.15, -0.1) is 0 Å². The van der Waals surface area contributed by atoms with Crippen molar-refractivity contribution in [2.45, 2.75) is 11.8 Å². The van der Waals surface area contributed by atoms with E-state index in [1.54, 1.807) is 20.2 Å². The van der Waals surface area contributed by atoms with Crippen LogP contribution in [0.2, 0.25) is 5.02 Å². The quantitative estimate of drug-likeness (QED) is 0.802. The lowest BCUT2D eigenvalue weighted by Gasteiger charge is -2.10. The molecule has 0 aliphatic rings. The van der Waals surface area contributed by atoms with Gasteiger partial charge in [0, 0.05) is 24.0 Å². The second-order valence-corrected chi connectivity index (χ2v) is 7.09. The fraction of sp³-hybridized carbons (Fsp3) is 0.182. The molecule has 0 bridgehead atoms. The monoisotopic (exact) mass is 378 g/mol. The molecule has 0 aliphatic carbocycles. The van der Waals surface area contributed by atoms with Gasteiger partial charge in [-0.2, -0.15) is 5.10 Å². The summed E-state index contributed by atoms with van der Waals surface area (Å²) in [6.07, 6.45) is 1.58. The molecule has 1 aromatic heterocycles. The van der Waals surface area contributed by atoms with Crippen molar-refractivity contribution < 1.29 is 8.42 Å². The van der Waals surface area contributed by atoms with Gasteiger partial charge in [-0.25, -0.2) is 8.42 Å². The van der Waals surface area contributed by atoms with Gasteiger partial charge in [-0.1, -0.05) is 11.6 Å². The molecule has 0 amide bonds. The normalized spacial score (nSPS) is 11.6. The molecule has 0 radical (unpaired) electrons. The van der Waals surface area contributed by atoms with Crippen LogP contribution in [0.15, 0.2) is 27.7 Å². The second-order valence-electron chi connectivity index (χ2n) is 4.21. The number of anilines is 2. The molecule has 0 saturated heterocycles. The van der Waals surface area contributed by atoms with Crippen molar-refractivity contribution in [3.8, 4) is 0 Å². The van der Waals surface area contributed by atoms with Crippen LogP contribution in [0.3, 0.4) is 0 Å². The molecule has 2 rings (SSSR count). The molecule has 0 spiro atoms. The van der Waals surface area contributed by atoms with Gasteiger partial charge in [0.1, 0.15) is 4.90 Å². The summed E-state index contributed by atoms with van der Waals surface area (Å²) in [6, 6.07) is 2.80. The van der Waals surface area contributed by atoms with E-state index in [0.717, 1.165) is 0 Å². The van der Waals surface area contributed by atoms with E-state index in [9.17, 15) is 8.42 Å². The first kappa shape index (κ1) is 15.1. The topological polar surface area (TPSA) is 90.0 Å². The molecule has 0 fully saturated rings. The van der Waals surface area contributed by atoms with Gasteiger partial charge in [0.25, 0.3) is 10.0 Å². The molecule has 2 aromatic rings. The summed E-state index contributed by atoms with van der Waals surface area (Å²) < 4.78 is 29.1. The van der Waals surface area contributed by atoms with Crippen molar-refractivity contribution in [1.29, 1.82) is 0 Å². The minimum atomic E-state index is -3.81. The van der Waals surface area contributed by atoms with Crippen LogP contribution in [0.25, 0.3) is 0 Å². The third-order valence-electron chi connectivity index (χ3n) is 2.58. The number of nitrogens with zero attached hydrogens (tertiary/aromatic N) is 2. The van der Waals surface area contributed by atoms with Crippen LogP contribution >= 0.6 is 27.5 Å². The van der Waals surface area contributed by atoms with Gasteiger partial charge >= 0.3 is 0 Å². The highest BCUT2D eigenvalue weighted by Gasteiger charge is 2.21. The lowest BCUT2D eigenvalue weighted by atomic mass is 10.3. The number of hydrogen-bond donors (Lipinski definition) is 2. The third-order valence-corrected chi connectivity index (χ3v) is 5.33. The highest BCUT2D eigenvalue weighted by Crippen LogP contribution is 2.32. The van der Waals surface area contributed by atoms with Crippen LogP contribution in [0.4, 0.5) is 11.4 Å². The Hall–Kier alpha value is -1.25. The maximum atomic E-state index is 12.4. The summed E-state index contributed by atoms with van der Waals surface area (Å²) in [5.41, 5.74) is 6.93. The van der Waals surface area contributed by atoms with E-state index in [0.29, 0.717) is 11.4 Å². The summed E-state index contributed by atoms with van der Waals surface area (Å²) >= 11 is 9.02. The largest absolute Gasteiger partial charge is 0.398 e. The first-order valence-corrected chi connectivity index (χ1v) is 8.13. The summed E-state index contributed by atoms with van der Waals surface area (Å²) in [5.74, 6) is 0. The first-order chi connectivity index (χ1) is 9.20. The number of rotatable bonds is 3. The Morgan fingerprint density at radius 1 is 1.45 bits per heavy atom. The molecular weight excluding hydrogens is 368 g/mol. The van der Waals surface area contributed by atoms with Crippen molar-refractivity contribution >= 4 is 48.9 Å². The van der Waals surface area contributed by atoms with Gasteiger partial charge in [0.05, 0.1) is 15.9 Å². The van der Waals surface area contributed by atoms with Crippen LogP contribution in [-0.2, 0) is 17.1 Å². The summed E-state index contributed by atoms with van der Waals surface area (Å²) in [6.45, 7) is 1.71. The maximum absolute atomic E-state index is 12.4. The number of nitrogens with one attached hydrogen (secondary N) is 1. The van der Waals surface area contributed by atoms with E-state index >= 15 is 0 Å². The predicted molar refractivity (Wildman–Crippen MR) is 82.3 cm³/mol. The summed E-state index contributed by atoms with van der Waals surface area (Å²) in [7, 11) is -2.11. The summed E-state index contributed by atoms with van der Waals surface area (Å²) in [4.78, 5) is -0.0225. The van der Waals surface area contributed by atoms with E-state index in [1.807, 2.05) is 0 Å². The van der Waals surface area contributed by atoms with Crippen LogP contribution in [0.5, 0.6) is 0 Å². The van der Waals surface area contributed by atoms with Gasteiger partial charge in [-0.3, -0.25) is 9.40 Å². The maximum Gasteiger partial charge on any atom is 0.263 e. The number of hydrogen-bond acceptors (Lipinski definition) is 4. The van der Waals surface area contributed by atoms with Crippen molar-refractivity contribution in [3.05, 3.63) is 33.5 Å². The molecule has 0 aliphatic heterocycles. The van der Waals surface area contributed by atoms with E-state index in [-0.39, 0.29) is 20.1 Å².